The zero-order chi connectivity index (χ0) is 20.4. The molecule has 0 unspecified atom stereocenters. The first kappa shape index (κ1) is 19.2. The third-order valence-electron chi connectivity index (χ3n) is 5.09. The van der Waals surface area contributed by atoms with Crippen LogP contribution in [0.2, 0.25) is 0 Å². The van der Waals surface area contributed by atoms with Gasteiger partial charge in [-0.2, -0.15) is 0 Å². The Morgan fingerprint density at radius 3 is 2.31 bits per heavy atom. The maximum Gasteiger partial charge on any atom is 0.189 e. The van der Waals surface area contributed by atoms with Crippen LogP contribution in [0.5, 0.6) is 5.75 Å². The summed E-state index contributed by atoms with van der Waals surface area (Å²) in [6.07, 6.45) is 1.62. The van der Waals surface area contributed by atoms with Gasteiger partial charge in [-0.15, -0.1) is 0 Å². The summed E-state index contributed by atoms with van der Waals surface area (Å²) in [6, 6.07) is 26.2. The van der Waals surface area contributed by atoms with Gasteiger partial charge >= 0.3 is 0 Å². The van der Waals surface area contributed by atoms with Crippen LogP contribution < -0.4 is 4.74 Å². The number of hydrogen-bond donors (Lipinski definition) is 0. The van der Waals surface area contributed by atoms with Crippen LogP contribution in [0.1, 0.15) is 54.2 Å². The van der Waals surface area contributed by atoms with Crippen molar-refractivity contribution in [2.45, 2.75) is 39.2 Å². The highest BCUT2D eigenvalue weighted by Gasteiger charge is 2.25. The van der Waals surface area contributed by atoms with Crippen molar-refractivity contribution in [2.24, 2.45) is 0 Å². The minimum Gasteiger partial charge on any atom is -0.488 e. The molecule has 0 bridgehead atoms. The molecule has 1 aliphatic carbocycles. The molecular weight excluding hydrogens is 356 g/mol. The lowest BCUT2D eigenvalue weighted by atomic mass is 9.80. The number of ketones is 1. The van der Waals surface area contributed by atoms with Crippen molar-refractivity contribution < 1.29 is 9.53 Å². The van der Waals surface area contributed by atoms with E-state index in [0.717, 1.165) is 40.9 Å². The lowest BCUT2D eigenvalue weighted by Gasteiger charge is -2.24. The molecule has 3 aromatic carbocycles. The number of rotatable bonds is 4. The van der Waals surface area contributed by atoms with Crippen molar-refractivity contribution in [3.05, 3.63) is 107 Å². The predicted molar refractivity (Wildman–Crippen MR) is 118 cm³/mol. The second-order valence-electron chi connectivity index (χ2n) is 8.45. The quantitative estimate of drug-likeness (QED) is 0.482. The Morgan fingerprint density at radius 2 is 1.55 bits per heavy atom. The van der Waals surface area contributed by atoms with E-state index in [4.69, 9.17) is 4.74 Å². The van der Waals surface area contributed by atoms with Gasteiger partial charge in [0, 0.05) is 11.1 Å². The number of carbonyl (C=O) groups excluding carboxylic acids is 1. The van der Waals surface area contributed by atoms with Gasteiger partial charge in [0.1, 0.15) is 11.4 Å². The second kappa shape index (κ2) is 7.71. The van der Waals surface area contributed by atoms with E-state index in [9.17, 15) is 4.79 Å². The summed E-state index contributed by atoms with van der Waals surface area (Å²) in [5.74, 6) is 0.805. The molecule has 29 heavy (non-hydrogen) atoms. The van der Waals surface area contributed by atoms with Crippen molar-refractivity contribution in [3.8, 4) is 5.75 Å². The Labute approximate surface area is 172 Å². The Hall–Kier alpha value is -3.13. The highest BCUT2D eigenvalue weighted by Crippen LogP contribution is 2.37. The number of carbonyl (C=O) groups is 1. The molecule has 146 valence electrons. The number of allylic oxidation sites excluding steroid dienone is 1. The van der Waals surface area contributed by atoms with Gasteiger partial charge in [0.25, 0.3) is 0 Å². The zero-order valence-electron chi connectivity index (χ0n) is 17.2. The van der Waals surface area contributed by atoms with E-state index in [2.05, 4.69) is 30.3 Å². The van der Waals surface area contributed by atoms with Gasteiger partial charge in [-0.1, -0.05) is 66.7 Å². The number of hydrogen-bond acceptors (Lipinski definition) is 2. The highest BCUT2D eigenvalue weighted by molar-refractivity contribution is 6.15. The van der Waals surface area contributed by atoms with E-state index in [0.29, 0.717) is 5.56 Å². The second-order valence-corrected chi connectivity index (χ2v) is 8.45. The van der Waals surface area contributed by atoms with E-state index in [-0.39, 0.29) is 11.4 Å². The molecule has 0 saturated heterocycles. The molecule has 2 heteroatoms. The molecule has 3 aromatic rings. The Kier molecular flexibility index (Phi) is 5.10. The fourth-order valence-electron chi connectivity index (χ4n) is 3.92. The van der Waals surface area contributed by atoms with Gasteiger partial charge in [0.05, 0.1) is 0 Å². The average molecular weight is 383 g/mol. The standard InChI is InChI=1S/C27H26O2/c1-27(2,3)29-22-14-9-13-21(18-22)26(28)24-17-16-19-10-7-8-15-23(19)25(24)20-11-5-4-6-12-20/h4-15,18H,16-17H2,1-3H3. The van der Waals surface area contributed by atoms with Crippen LogP contribution in [-0.4, -0.2) is 11.4 Å². The van der Waals surface area contributed by atoms with E-state index >= 15 is 0 Å². The summed E-state index contributed by atoms with van der Waals surface area (Å²) < 4.78 is 5.98. The first-order valence-corrected chi connectivity index (χ1v) is 10.1. The normalized spacial score (nSPS) is 13.8. The number of benzene rings is 3. The molecule has 2 nitrogen and oxygen atoms in total. The molecule has 0 fully saturated rings. The Balaban J connectivity index is 1.82. The Morgan fingerprint density at radius 1 is 0.828 bits per heavy atom. The average Bonchev–Trinajstić information content (AvgIpc) is 2.72. The van der Waals surface area contributed by atoms with Gasteiger partial charge < -0.3 is 4.74 Å². The van der Waals surface area contributed by atoms with Crippen molar-refractivity contribution in [3.63, 3.8) is 0 Å². The largest absolute Gasteiger partial charge is 0.488 e. The smallest absolute Gasteiger partial charge is 0.189 e. The SMILES string of the molecule is CC(C)(C)Oc1cccc(C(=O)C2=C(c3ccccc3)c3ccccc3CC2)c1. The molecule has 0 saturated carbocycles. The van der Waals surface area contributed by atoms with E-state index in [1.54, 1.807) is 0 Å². The Bertz CT molecular complexity index is 1070. The van der Waals surface area contributed by atoms with Gasteiger partial charge in [-0.05, 0) is 68.0 Å². The summed E-state index contributed by atoms with van der Waals surface area (Å²) in [7, 11) is 0. The summed E-state index contributed by atoms with van der Waals surface area (Å²) in [5.41, 5.74) is 5.85. The van der Waals surface area contributed by atoms with Gasteiger partial charge in [-0.25, -0.2) is 0 Å². The van der Waals surface area contributed by atoms with Crippen LogP contribution in [0.4, 0.5) is 0 Å². The molecular formula is C27H26O2. The fraction of sp³-hybridized carbons (Fsp3) is 0.222. The number of ether oxygens (including phenoxy) is 1. The number of Topliss-reactive ketones (excluding diaryl/α,β-unsaturated/α-hetero) is 1. The van der Waals surface area contributed by atoms with Crippen LogP contribution in [0, 0.1) is 0 Å². The molecule has 0 spiro atoms. The molecule has 0 heterocycles. The molecule has 0 aliphatic heterocycles. The number of aryl methyl sites for hydroxylation is 1. The van der Waals surface area contributed by atoms with Crippen molar-refractivity contribution in [2.75, 3.05) is 0 Å². The maximum atomic E-state index is 13.6. The summed E-state index contributed by atoms with van der Waals surface area (Å²) >= 11 is 0. The number of fused-ring (bicyclic) bond motifs is 1. The lowest BCUT2D eigenvalue weighted by molar-refractivity contribution is 0.102. The molecule has 0 radical (unpaired) electrons. The maximum absolute atomic E-state index is 13.6. The van der Waals surface area contributed by atoms with E-state index < -0.39 is 0 Å². The molecule has 0 N–H and O–H groups in total. The van der Waals surface area contributed by atoms with E-state index in [1.807, 2.05) is 69.3 Å². The van der Waals surface area contributed by atoms with Crippen molar-refractivity contribution in [1.29, 1.82) is 0 Å². The molecule has 0 amide bonds. The van der Waals surface area contributed by atoms with Gasteiger partial charge in [-0.3, -0.25) is 4.79 Å². The molecule has 0 atom stereocenters. The monoisotopic (exact) mass is 382 g/mol. The summed E-state index contributed by atoms with van der Waals surface area (Å²) in [6.45, 7) is 6.03. The van der Waals surface area contributed by atoms with Crippen LogP contribution in [-0.2, 0) is 6.42 Å². The van der Waals surface area contributed by atoms with Crippen LogP contribution in [0.3, 0.4) is 0 Å². The minimum absolute atomic E-state index is 0.0812. The first-order valence-electron chi connectivity index (χ1n) is 10.1. The van der Waals surface area contributed by atoms with Gasteiger partial charge in [0.15, 0.2) is 5.78 Å². The van der Waals surface area contributed by atoms with Crippen molar-refractivity contribution >= 4 is 11.4 Å². The predicted octanol–water partition coefficient (Wildman–Crippen LogP) is 6.49. The third-order valence-corrected chi connectivity index (χ3v) is 5.09. The van der Waals surface area contributed by atoms with Gasteiger partial charge in [0.2, 0.25) is 0 Å². The van der Waals surface area contributed by atoms with Crippen LogP contribution in [0.25, 0.3) is 5.57 Å². The molecule has 1 aliphatic rings. The summed E-state index contributed by atoms with van der Waals surface area (Å²) in [5, 5.41) is 0. The van der Waals surface area contributed by atoms with Crippen molar-refractivity contribution in [1.82, 2.24) is 0 Å². The first-order chi connectivity index (χ1) is 13.9. The summed E-state index contributed by atoms with van der Waals surface area (Å²) in [4.78, 5) is 13.6. The molecule has 0 aromatic heterocycles. The third kappa shape index (κ3) is 4.17. The zero-order valence-corrected chi connectivity index (χ0v) is 17.2. The van der Waals surface area contributed by atoms with Crippen LogP contribution in [0.15, 0.2) is 84.4 Å². The molecule has 4 rings (SSSR count). The van der Waals surface area contributed by atoms with E-state index in [1.165, 1.54) is 5.56 Å². The fourth-order valence-corrected chi connectivity index (χ4v) is 3.92. The van der Waals surface area contributed by atoms with Crippen LogP contribution >= 0.6 is 0 Å². The highest BCUT2D eigenvalue weighted by atomic mass is 16.5. The topological polar surface area (TPSA) is 26.3 Å². The minimum atomic E-state index is -0.306. The lowest BCUT2D eigenvalue weighted by Crippen LogP contribution is -2.23.